The minimum absolute atomic E-state index is 0.0795. The van der Waals surface area contributed by atoms with Gasteiger partial charge in [-0.1, -0.05) is 18.2 Å². The third kappa shape index (κ3) is 3.43. The van der Waals surface area contributed by atoms with E-state index in [1.54, 1.807) is 23.2 Å². The lowest BCUT2D eigenvalue weighted by atomic mass is 10.1. The maximum atomic E-state index is 12.8. The average Bonchev–Trinajstić information content (AvgIpc) is 3.16. The summed E-state index contributed by atoms with van der Waals surface area (Å²) >= 11 is 0. The van der Waals surface area contributed by atoms with Crippen molar-refractivity contribution in [2.45, 2.75) is 6.42 Å². The zero-order valence-electron chi connectivity index (χ0n) is 15.7. The Morgan fingerprint density at radius 2 is 1.82 bits per heavy atom. The minimum atomic E-state index is -0.117. The van der Waals surface area contributed by atoms with Crippen LogP contribution in [0.15, 0.2) is 48.8 Å². The third-order valence-corrected chi connectivity index (χ3v) is 5.13. The maximum Gasteiger partial charge on any atom is 0.259 e. The maximum absolute atomic E-state index is 12.8. The highest BCUT2D eigenvalue weighted by atomic mass is 16.5. The van der Waals surface area contributed by atoms with E-state index in [1.165, 1.54) is 7.11 Å². The highest BCUT2D eigenvalue weighted by molar-refractivity contribution is 5.96. The molecular weight excluding hydrogens is 356 g/mol. The Morgan fingerprint density at radius 3 is 2.61 bits per heavy atom. The lowest BCUT2D eigenvalue weighted by Gasteiger charge is -2.35. The van der Waals surface area contributed by atoms with Gasteiger partial charge in [-0.3, -0.25) is 9.59 Å². The van der Waals surface area contributed by atoms with Crippen molar-refractivity contribution in [2.75, 3.05) is 33.3 Å². The van der Waals surface area contributed by atoms with Crippen LogP contribution in [0.25, 0.3) is 10.9 Å². The van der Waals surface area contributed by atoms with Gasteiger partial charge in [0.05, 0.1) is 13.5 Å². The molecule has 1 saturated heterocycles. The van der Waals surface area contributed by atoms with E-state index >= 15 is 0 Å². The number of ether oxygens (including phenoxy) is 1. The van der Waals surface area contributed by atoms with Gasteiger partial charge in [0.2, 0.25) is 11.8 Å². The molecule has 7 nitrogen and oxygen atoms in total. The Bertz CT molecular complexity index is 1010. The molecule has 0 saturated carbocycles. The molecule has 1 aliphatic rings. The Balaban J connectivity index is 1.38. The van der Waals surface area contributed by atoms with Crippen LogP contribution in [0.5, 0.6) is 5.88 Å². The van der Waals surface area contributed by atoms with E-state index in [9.17, 15) is 9.59 Å². The van der Waals surface area contributed by atoms with Crippen molar-refractivity contribution >= 4 is 22.7 Å². The molecule has 0 bridgehead atoms. The fraction of sp³-hybridized carbons (Fsp3) is 0.286. The van der Waals surface area contributed by atoms with Gasteiger partial charge in [-0.25, -0.2) is 4.98 Å². The van der Waals surface area contributed by atoms with Gasteiger partial charge in [-0.15, -0.1) is 0 Å². The first-order chi connectivity index (χ1) is 13.7. The number of rotatable bonds is 4. The largest absolute Gasteiger partial charge is 0.480 e. The van der Waals surface area contributed by atoms with E-state index in [2.05, 4.69) is 9.97 Å². The van der Waals surface area contributed by atoms with E-state index in [1.807, 2.05) is 35.4 Å². The smallest absolute Gasteiger partial charge is 0.259 e. The number of nitrogens with one attached hydrogen (secondary N) is 1. The molecule has 1 fully saturated rings. The first-order valence-electron chi connectivity index (χ1n) is 9.28. The van der Waals surface area contributed by atoms with Crippen LogP contribution in [0.3, 0.4) is 0 Å². The molecule has 3 heterocycles. The number of fused-ring (bicyclic) bond motifs is 1. The number of carbonyl (C=O) groups excluding carboxylic acids is 2. The summed E-state index contributed by atoms with van der Waals surface area (Å²) in [5.74, 6) is 0.287. The number of hydrogen-bond acceptors (Lipinski definition) is 4. The number of para-hydroxylation sites is 1. The van der Waals surface area contributed by atoms with Crippen LogP contribution in [-0.2, 0) is 11.2 Å². The lowest BCUT2D eigenvalue weighted by molar-refractivity contribution is -0.131. The number of aromatic nitrogens is 2. The molecule has 0 atom stereocenters. The summed E-state index contributed by atoms with van der Waals surface area (Å²) in [4.78, 5) is 36.4. The molecule has 1 N–H and O–H groups in total. The number of aromatic amines is 1. The average molecular weight is 378 g/mol. The summed E-state index contributed by atoms with van der Waals surface area (Å²) in [5.41, 5.74) is 2.48. The number of piperazine rings is 1. The van der Waals surface area contributed by atoms with Gasteiger partial charge < -0.3 is 19.5 Å². The second-order valence-corrected chi connectivity index (χ2v) is 6.77. The molecule has 2 amide bonds. The van der Waals surface area contributed by atoms with Crippen LogP contribution >= 0.6 is 0 Å². The van der Waals surface area contributed by atoms with Gasteiger partial charge in [0.15, 0.2) is 0 Å². The monoisotopic (exact) mass is 378 g/mol. The van der Waals surface area contributed by atoms with Crippen molar-refractivity contribution in [3.8, 4) is 5.88 Å². The fourth-order valence-corrected chi connectivity index (χ4v) is 3.60. The summed E-state index contributed by atoms with van der Waals surface area (Å²) in [6.07, 6.45) is 3.85. The van der Waals surface area contributed by atoms with Crippen LogP contribution < -0.4 is 4.74 Å². The number of methoxy groups -OCH3 is 1. The second kappa shape index (κ2) is 7.72. The number of pyridine rings is 1. The normalized spacial score (nSPS) is 14.3. The Hall–Kier alpha value is -3.35. The summed E-state index contributed by atoms with van der Waals surface area (Å²) in [6.45, 7) is 2.04. The number of amides is 2. The number of H-pyrrole nitrogens is 1. The molecule has 0 radical (unpaired) electrons. The minimum Gasteiger partial charge on any atom is -0.480 e. The second-order valence-electron chi connectivity index (χ2n) is 6.77. The summed E-state index contributed by atoms with van der Waals surface area (Å²) in [7, 11) is 1.50. The van der Waals surface area contributed by atoms with E-state index in [0.29, 0.717) is 44.0 Å². The fourth-order valence-electron chi connectivity index (χ4n) is 3.60. The standard InChI is InChI=1S/C21H22N4O3/c1-28-20-17(6-4-8-22-20)21(27)25-11-9-24(10-12-25)19(26)13-15-14-23-18-7-3-2-5-16(15)18/h2-8,14,23H,9-13H2,1H3. The molecule has 2 aromatic heterocycles. The zero-order chi connectivity index (χ0) is 19.5. The molecule has 3 aromatic rings. The van der Waals surface area contributed by atoms with Gasteiger partial charge in [0, 0.05) is 49.5 Å². The molecule has 4 rings (SSSR count). The predicted octanol–water partition coefficient (Wildman–Crippen LogP) is 2.10. The zero-order valence-corrected chi connectivity index (χ0v) is 15.7. The first-order valence-corrected chi connectivity index (χ1v) is 9.28. The predicted molar refractivity (Wildman–Crippen MR) is 105 cm³/mol. The third-order valence-electron chi connectivity index (χ3n) is 5.13. The van der Waals surface area contributed by atoms with Crippen LogP contribution in [0.2, 0.25) is 0 Å². The van der Waals surface area contributed by atoms with E-state index < -0.39 is 0 Å². The van der Waals surface area contributed by atoms with Crippen molar-refractivity contribution in [3.05, 3.63) is 59.9 Å². The van der Waals surface area contributed by atoms with Gasteiger partial charge in [0.25, 0.3) is 5.91 Å². The van der Waals surface area contributed by atoms with E-state index in [4.69, 9.17) is 4.74 Å². The highest BCUT2D eigenvalue weighted by Gasteiger charge is 2.27. The SMILES string of the molecule is COc1ncccc1C(=O)N1CCN(C(=O)Cc2c[nH]c3ccccc23)CC1. The Labute approximate surface area is 162 Å². The van der Waals surface area contributed by atoms with Crippen LogP contribution in [0.4, 0.5) is 0 Å². The van der Waals surface area contributed by atoms with Crippen LogP contribution in [0.1, 0.15) is 15.9 Å². The Kier molecular flexibility index (Phi) is 4.97. The topological polar surface area (TPSA) is 78.5 Å². The van der Waals surface area contributed by atoms with E-state index in [0.717, 1.165) is 16.5 Å². The molecule has 144 valence electrons. The summed E-state index contributed by atoms with van der Waals surface area (Å²) < 4.78 is 5.18. The molecule has 0 unspecified atom stereocenters. The van der Waals surface area contributed by atoms with Crippen molar-refractivity contribution in [3.63, 3.8) is 0 Å². The molecule has 7 heteroatoms. The van der Waals surface area contributed by atoms with Crippen molar-refractivity contribution in [1.29, 1.82) is 0 Å². The van der Waals surface area contributed by atoms with Gasteiger partial charge in [-0.05, 0) is 23.8 Å². The molecule has 0 spiro atoms. The van der Waals surface area contributed by atoms with Crippen molar-refractivity contribution in [1.82, 2.24) is 19.8 Å². The number of carbonyl (C=O) groups is 2. The van der Waals surface area contributed by atoms with Crippen molar-refractivity contribution in [2.24, 2.45) is 0 Å². The van der Waals surface area contributed by atoms with Crippen LogP contribution in [-0.4, -0.2) is 64.9 Å². The summed E-state index contributed by atoms with van der Waals surface area (Å²) in [5, 5.41) is 1.08. The van der Waals surface area contributed by atoms with Crippen LogP contribution in [0, 0.1) is 0 Å². The highest BCUT2D eigenvalue weighted by Crippen LogP contribution is 2.20. The van der Waals surface area contributed by atoms with Gasteiger partial charge >= 0.3 is 0 Å². The van der Waals surface area contributed by atoms with E-state index in [-0.39, 0.29) is 11.8 Å². The van der Waals surface area contributed by atoms with Gasteiger partial charge in [-0.2, -0.15) is 0 Å². The lowest BCUT2D eigenvalue weighted by Crippen LogP contribution is -2.51. The Morgan fingerprint density at radius 1 is 1.07 bits per heavy atom. The van der Waals surface area contributed by atoms with Gasteiger partial charge in [0.1, 0.15) is 5.56 Å². The number of benzene rings is 1. The quantitative estimate of drug-likeness (QED) is 0.754. The van der Waals surface area contributed by atoms with Crippen molar-refractivity contribution < 1.29 is 14.3 Å². The molecule has 1 aliphatic heterocycles. The molecule has 1 aromatic carbocycles. The first kappa shape index (κ1) is 18.0. The number of nitrogens with zero attached hydrogens (tertiary/aromatic N) is 3. The molecular formula is C21H22N4O3. The molecule has 0 aliphatic carbocycles. The molecule has 28 heavy (non-hydrogen) atoms. The summed E-state index contributed by atoms with van der Waals surface area (Å²) in [6, 6.07) is 11.4. The number of hydrogen-bond donors (Lipinski definition) is 1.